The maximum absolute atomic E-state index is 14.5. The molecule has 3 rings (SSSR count). The lowest BCUT2D eigenvalue weighted by atomic mass is 9.95. The Bertz CT molecular complexity index is 806. The Morgan fingerprint density at radius 3 is 2.70 bits per heavy atom. The van der Waals surface area contributed by atoms with Gasteiger partial charge < -0.3 is 4.90 Å². The van der Waals surface area contributed by atoms with E-state index in [0.29, 0.717) is 17.0 Å². The number of anilines is 1. The van der Waals surface area contributed by atoms with Crippen molar-refractivity contribution in [1.82, 2.24) is 5.43 Å². The van der Waals surface area contributed by atoms with E-state index < -0.39 is 0 Å². The lowest BCUT2D eigenvalue weighted by Gasteiger charge is -2.33. The molecule has 144 valence electrons. The zero-order valence-electron chi connectivity index (χ0n) is 15.7. The summed E-state index contributed by atoms with van der Waals surface area (Å²) in [7, 11) is 0. The predicted octanol–water partition coefficient (Wildman–Crippen LogP) is 5.49. The summed E-state index contributed by atoms with van der Waals surface area (Å²) in [6, 6.07) is 12.7. The van der Waals surface area contributed by atoms with Gasteiger partial charge >= 0.3 is 0 Å². The van der Waals surface area contributed by atoms with E-state index in [4.69, 9.17) is 17.4 Å². The molecule has 1 heterocycles. The highest BCUT2D eigenvalue weighted by Gasteiger charge is 2.25. The first-order valence-corrected chi connectivity index (χ1v) is 10.0. The molecule has 0 amide bonds. The molecule has 3 N–H and O–H groups in total. The van der Waals surface area contributed by atoms with Crippen molar-refractivity contribution in [2.24, 2.45) is 5.84 Å². The minimum absolute atomic E-state index is 0.0455. The first kappa shape index (κ1) is 19.9. The molecule has 0 radical (unpaired) electrons. The van der Waals surface area contributed by atoms with Crippen LogP contribution in [0, 0.1) is 5.82 Å². The summed E-state index contributed by atoms with van der Waals surface area (Å²) in [6.07, 6.45) is 7.38. The highest BCUT2D eigenvalue weighted by molar-refractivity contribution is 6.31. The standard InChI is InChI=1S/C22H27ClFN3/c1-2-3-4-7-14-27-21-12-10-16(23)15-19(21)17(11-13-22(27)26-25)18-8-5-6-9-20(18)24/h5-6,8-12,15,22,26H,2-4,7,13-14,25H2,1H3. The average molecular weight is 388 g/mol. The number of benzene rings is 2. The summed E-state index contributed by atoms with van der Waals surface area (Å²) in [4.78, 5) is 2.28. The maximum Gasteiger partial charge on any atom is 0.131 e. The van der Waals surface area contributed by atoms with E-state index in [1.165, 1.54) is 25.3 Å². The molecule has 0 saturated heterocycles. The van der Waals surface area contributed by atoms with Gasteiger partial charge in [0.2, 0.25) is 0 Å². The summed E-state index contributed by atoms with van der Waals surface area (Å²) in [6.45, 7) is 3.10. The quantitative estimate of drug-likeness (QED) is 0.375. The first-order chi connectivity index (χ1) is 13.2. The number of rotatable bonds is 7. The van der Waals surface area contributed by atoms with Crippen molar-refractivity contribution in [2.75, 3.05) is 11.4 Å². The van der Waals surface area contributed by atoms with Gasteiger partial charge in [0.05, 0.1) is 6.17 Å². The van der Waals surface area contributed by atoms with Crippen molar-refractivity contribution < 1.29 is 4.39 Å². The van der Waals surface area contributed by atoms with Crippen molar-refractivity contribution in [3.05, 3.63) is 70.5 Å². The number of nitrogens with zero attached hydrogens (tertiary/aromatic N) is 1. The third-order valence-corrected chi connectivity index (χ3v) is 5.32. The van der Waals surface area contributed by atoms with Gasteiger partial charge in [-0.3, -0.25) is 5.84 Å². The van der Waals surface area contributed by atoms with Gasteiger partial charge in [0.25, 0.3) is 0 Å². The lowest BCUT2D eigenvalue weighted by Crippen LogP contribution is -2.49. The van der Waals surface area contributed by atoms with Crippen LogP contribution in [-0.2, 0) is 0 Å². The van der Waals surface area contributed by atoms with E-state index >= 15 is 0 Å². The second kappa shape index (κ2) is 9.36. The molecule has 27 heavy (non-hydrogen) atoms. The van der Waals surface area contributed by atoms with Crippen LogP contribution in [0.3, 0.4) is 0 Å². The van der Waals surface area contributed by atoms with Crippen molar-refractivity contribution in [3.63, 3.8) is 0 Å². The second-order valence-electron chi connectivity index (χ2n) is 6.93. The molecule has 1 aliphatic heterocycles. The van der Waals surface area contributed by atoms with Gasteiger partial charge in [0.1, 0.15) is 5.82 Å². The van der Waals surface area contributed by atoms with Gasteiger partial charge in [-0.15, -0.1) is 0 Å². The highest BCUT2D eigenvalue weighted by Crippen LogP contribution is 2.38. The number of fused-ring (bicyclic) bond motifs is 1. The smallest absolute Gasteiger partial charge is 0.131 e. The van der Waals surface area contributed by atoms with Crippen LogP contribution in [0.1, 0.15) is 50.2 Å². The Morgan fingerprint density at radius 2 is 1.96 bits per heavy atom. The molecule has 5 heteroatoms. The van der Waals surface area contributed by atoms with Gasteiger partial charge in [-0.2, -0.15) is 0 Å². The number of unbranched alkanes of at least 4 members (excludes halogenated alkanes) is 3. The minimum Gasteiger partial charge on any atom is -0.354 e. The molecule has 0 fully saturated rings. The summed E-state index contributed by atoms with van der Waals surface area (Å²) in [5.41, 5.74) is 6.36. The van der Waals surface area contributed by atoms with Crippen LogP contribution in [0.2, 0.25) is 5.02 Å². The number of hydrazine groups is 1. The molecule has 1 atom stereocenters. The molecule has 3 nitrogen and oxygen atoms in total. The molecule has 1 aliphatic rings. The number of hydrogen-bond acceptors (Lipinski definition) is 3. The van der Waals surface area contributed by atoms with Gasteiger partial charge in [0.15, 0.2) is 0 Å². The fraction of sp³-hybridized carbons (Fsp3) is 0.364. The lowest BCUT2D eigenvalue weighted by molar-refractivity contribution is 0.488. The molecule has 0 aromatic heterocycles. The van der Waals surface area contributed by atoms with E-state index in [2.05, 4.69) is 23.3 Å². The Labute approximate surface area is 166 Å². The van der Waals surface area contributed by atoms with E-state index in [-0.39, 0.29) is 12.0 Å². The van der Waals surface area contributed by atoms with Crippen molar-refractivity contribution >= 4 is 22.9 Å². The molecule has 2 aromatic rings. The van der Waals surface area contributed by atoms with Gasteiger partial charge in [-0.25, -0.2) is 9.82 Å². The monoisotopic (exact) mass is 387 g/mol. The van der Waals surface area contributed by atoms with Gasteiger partial charge in [-0.05, 0) is 36.3 Å². The number of halogens is 2. The Morgan fingerprint density at radius 1 is 1.15 bits per heavy atom. The van der Waals surface area contributed by atoms with Gasteiger partial charge in [-0.1, -0.05) is 62.1 Å². The molecule has 1 unspecified atom stereocenters. The Hall–Kier alpha value is -1.88. The van der Waals surface area contributed by atoms with Crippen molar-refractivity contribution in [3.8, 4) is 0 Å². The Balaban J connectivity index is 2.03. The van der Waals surface area contributed by atoms with E-state index in [1.54, 1.807) is 6.07 Å². The van der Waals surface area contributed by atoms with Crippen LogP contribution >= 0.6 is 11.6 Å². The number of nitrogens with two attached hydrogens (primary N) is 1. The summed E-state index contributed by atoms with van der Waals surface area (Å²) in [5.74, 6) is 5.64. The molecule has 0 spiro atoms. The molecular weight excluding hydrogens is 361 g/mol. The molecular formula is C22H27ClFN3. The van der Waals surface area contributed by atoms with E-state index in [1.807, 2.05) is 30.3 Å². The third kappa shape index (κ3) is 4.52. The van der Waals surface area contributed by atoms with Crippen LogP contribution in [0.5, 0.6) is 0 Å². The largest absolute Gasteiger partial charge is 0.354 e. The zero-order chi connectivity index (χ0) is 19.2. The number of nitrogens with one attached hydrogen (secondary N) is 1. The summed E-state index contributed by atoms with van der Waals surface area (Å²) < 4.78 is 14.5. The fourth-order valence-electron chi connectivity index (χ4n) is 3.69. The fourth-order valence-corrected chi connectivity index (χ4v) is 3.86. The summed E-state index contributed by atoms with van der Waals surface area (Å²) in [5, 5.41) is 0.640. The predicted molar refractivity (Wildman–Crippen MR) is 112 cm³/mol. The second-order valence-corrected chi connectivity index (χ2v) is 7.37. The molecule has 0 saturated carbocycles. The minimum atomic E-state index is -0.233. The van der Waals surface area contributed by atoms with Crippen LogP contribution in [0.25, 0.3) is 5.57 Å². The average Bonchev–Trinajstić information content (AvgIpc) is 2.82. The van der Waals surface area contributed by atoms with Crippen molar-refractivity contribution in [2.45, 2.75) is 45.2 Å². The van der Waals surface area contributed by atoms with Crippen molar-refractivity contribution in [1.29, 1.82) is 0 Å². The SMILES string of the molecule is CCCCCCN1c2ccc(Cl)cc2C(c2ccccc2F)=CCC1NN. The third-order valence-electron chi connectivity index (χ3n) is 5.09. The molecule has 2 aromatic carbocycles. The number of hydrogen-bond donors (Lipinski definition) is 2. The summed E-state index contributed by atoms with van der Waals surface area (Å²) >= 11 is 6.31. The van der Waals surface area contributed by atoms with Crippen LogP contribution in [0.15, 0.2) is 48.5 Å². The highest BCUT2D eigenvalue weighted by atomic mass is 35.5. The maximum atomic E-state index is 14.5. The van der Waals surface area contributed by atoms with Crippen LogP contribution in [0.4, 0.5) is 10.1 Å². The van der Waals surface area contributed by atoms with Crippen LogP contribution in [-0.4, -0.2) is 12.7 Å². The zero-order valence-corrected chi connectivity index (χ0v) is 16.5. The molecule has 0 aliphatic carbocycles. The van der Waals surface area contributed by atoms with E-state index in [9.17, 15) is 4.39 Å². The topological polar surface area (TPSA) is 41.3 Å². The van der Waals surface area contributed by atoms with Gasteiger partial charge in [0, 0.05) is 34.8 Å². The molecule has 0 bridgehead atoms. The first-order valence-electron chi connectivity index (χ1n) is 9.63. The van der Waals surface area contributed by atoms with E-state index in [0.717, 1.165) is 29.8 Å². The normalized spacial score (nSPS) is 16.7. The Kier molecular flexibility index (Phi) is 6.89. The van der Waals surface area contributed by atoms with Crippen LogP contribution < -0.4 is 16.2 Å².